The van der Waals surface area contributed by atoms with Crippen LogP contribution in [0.3, 0.4) is 0 Å². The van der Waals surface area contributed by atoms with Crippen molar-refractivity contribution < 1.29 is 9.90 Å². The molecule has 1 N–H and O–H groups in total. The number of aliphatic carboxylic acids is 1. The lowest BCUT2D eigenvalue weighted by Crippen LogP contribution is -2.21. The lowest BCUT2D eigenvalue weighted by Gasteiger charge is -2.23. The zero-order valence-electron chi connectivity index (χ0n) is 14.9. The van der Waals surface area contributed by atoms with E-state index in [9.17, 15) is 9.90 Å². The van der Waals surface area contributed by atoms with Crippen molar-refractivity contribution in [3.63, 3.8) is 0 Å². The Kier molecular flexibility index (Phi) is 11.7. The van der Waals surface area contributed by atoms with Gasteiger partial charge < -0.3 is 5.11 Å². The minimum atomic E-state index is -1.06. The lowest BCUT2D eigenvalue weighted by molar-refractivity contribution is -0.133. The molecular weight excluding hydrogens is 276 g/mol. The third-order valence-electron chi connectivity index (χ3n) is 4.29. The van der Waals surface area contributed by atoms with Crippen LogP contribution in [0, 0.1) is 5.92 Å². The minimum absolute atomic E-state index is 0.282. The molecule has 0 aliphatic rings. The first kappa shape index (κ1) is 20.4. The summed E-state index contributed by atoms with van der Waals surface area (Å²) in [6.07, 6.45) is 9.98. The predicted molar refractivity (Wildman–Crippen MR) is 95.6 cm³/mol. The maximum Gasteiger partial charge on any atom is 0.331 e. The Morgan fingerprint density at radius 2 is 1.43 bits per heavy atom. The lowest BCUT2D eigenvalue weighted by atomic mass is 9.87. The molecule has 0 rings (SSSR count). The highest BCUT2D eigenvalue weighted by molar-refractivity contribution is 6.64. The van der Waals surface area contributed by atoms with Crippen molar-refractivity contribution in [3.05, 3.63) is 10.8 Å². The normalized spacial score (nSPS) is 12.9. The van der Waals surface area contributed by atoms with Crippen LogP contribution in [0.25, 0.3) is 0 Å². The van der Waals surface area contributed by atoms with Gasteiger partial charge in [0.25, 0.3) is 0 Å². The molecule has 0 aromatic rings. The van der Waals surface area contributed by atoms with Crippen LogP contribution < -0.4 is 0 Å². The first-order valence-electron chi connectivity index (χ1n) is 8.95. The first-order valence-corrected chi connectivity index (χ1v) is 11.8. The summed E-state index contributed by atoms with van der Waals surface area (Å²) in [5.41, 5.74) is 0.812. The molecular formula is C18H36O2Si. The molecule has 2 nitrogen and oxygen atoms in total. The van der Waals surface area contributed by atoms with Gasteiger partial charge in [0.1, 0.15) is 0 Å². The van der Waals surface area contributed by atoms with Crippen molar-refractivity contribution in [2.75, 3.05) is 0 Å². The number of carbonyl (C=O) groups is 1. The van der Waals surface area contributed by atoms with Gasteiger partial charge >= 0.3 is 5.97 Å². The van der Waals surface area contributed by atoms with Crippen LogP contribution in [0.2, 0.25) is 13.1 Å². The van der Waals surface area contributed by atoms with E-state index in [1.54, 1.807) is 0 Å². The van der Waals surface area contributed by atoms with Gasteiger partial charge in [-0.15, -0.1) is 0 Å². The number of carboxylic acid groups (broad SMARTS) is 1. The first-order chi connectivity index (χ1) is 9.99. The Bertz CT molecular complexity index is 313. The average molecular weight is 313 g/mol. The number of unbranched alkanes of at least 4 members (excludes halogenated alkanes) is 3. The summed E-state index contributed by atoms with van der Waals surface area (Å²) in [5, 5.41) is 11.2. The summed E-state index contributed by atoms with van der Waals surface area (Å²) in [4.78, 5) is 11.9. The van der Waals surface area contributed by atoms with Crippen LogP contribution in [0.4, 0.5) is 0 Å². The molecule has 0 aliphatic heterocycles. The number of carboxylic acids is 1. The predicted octanol–water partition coefficient (Wildman–Crippen LogP) is 5.58. The smallest absolute Gasteiger partial charge is 0.331 e. The zero-order chi connectivity index (χ0) is 16.3. The van der Waals surface area contributed by atoms with Crippen LogP contribution in [0.15, 0.2) is 10.8 Å². The molecule has 0 bridgehead atoms. The van der Waals surface area contributed by atoms with Crippen LogP contribution in [0.5, 0.6) is 0 Å². The fraction of sp³-hybridized carbons (Fsp3) is 0.833. The van der Waals surface area contributed by atoms with Crippen molar-refractivity contribution in [2.24, 2.45) is 5.92 Å². The third kappa shape index (κ3) is 7.84. The second-order valence-electron chi connectivity index (χ2n) is 6.48. The average Bonchev–Trinajstić information content (AvgIpc) is 2.44. The molecule has 21 heavy (non-hydrogen) atoms. The SMILES string of the molecule is CCCCC(=C(C(=O)O)C(CCCC)CCCC)[SiH](C)C. The molecule has 3 heteroatoms. The largest absolute Gasteiger partial charge is 0.478 e. The van der Waals surface area contributed by atoms with Crippen molar-refractivity contribution in [1.29, 1.82) is 0 Å². The summed E-state index contributed by atoms with van der Waals surface area (Å²) in [7, 11) is -1.06. The van der Waals surface area contributed by atoms with E-state index in [0.717, 1.165) is 63.4 Å². The Labute approximate surface area is 133 Å². The van der Waals surface area contributed by atoms with Crippen molar-refractivity contribution in [2.45, 2.75) is 91.7 Å². The summed E-state index contributed by atoms with van der Waals surface area (Å²) in [5.74, 6) is -0.358. The van der Waals surface area contributed by atoms with Crippen LogP contribution in [-0.2, 0) is 4.79 Å². The van der Waals surface area contributed by atoms with Gasteiger partial charge in [-0.1, -0.05) is 77.6 Å². The van der Waals surface area contributed by atoms with E-state index in [1.165, 1.54) is 5.20 Å². The molecule has 0 fully saturated rings. The van der Waals surface area contributed by atoms with Crippen LogP contribution in [0.1, 0.15) is 78.6 Å². The zero-order valence-corrected chi connectivity index (χ0v) is 16.0. The number of allylic oxidation sites excluding steroid dienone is 1. The highest BCUT2D eigenvalue weighted by Gasteiger charge is 2.25. The molecule has 0 atom stereocenters. The van der Waals surface area contributed by atoms with Crippen molar-refractivity contribution >= 4 is 14.8 Å². The summed E-state index contributed by atoms with van der Waals surface area (Å²) >= 11 is 0. The fourth-order valence-electron chi connectivity index (χ4n) is 3.01. The highest BCUT2D eigenvalue weighted by Crippen LogP contribution is 2.30. The van der Waals surface area contributed by atoms with Gasteiger partial charge in [0.2, 0.25) is 0 Å². The topological polar surface area (TPSA) is 37.3 Å². The van der Waals surface area contributed by atoms with Gasteiger partial charge in [-0.05, 0) is 25.2 Å². The molecule has 0 aromatic heterocycles. The van der Waals surface area contributed by atoms with Crippen LogP contribution >= 0.6 is 0 Å². The Morgan fingerprint density at radius 3 is 1.76 bits per heavy atom. The molecule has 0 aliphatic carbocycles. The molecule has 0 saturated carbocycles. The summed E-state index contributed by atoms with van der Waals surface area (Å²) in [6, 6.07) is 0. The molecule has 0 saturated heterocycles. The minimum Gasteiger partial charge on any atom is -0.478 e. The monoisotopic (exact) mass is 312 g/mol. The highest BCUT2D eigenvalue weighted by atomic mass is 28.3. The van der Waals surface area contributed by atoms with E-state index in [4.69, 9.17) is 0 Å². The molecule has 0 radical (unpaired) electrons. The molecule has 0 amide bonds. The van der Waals surface area contributed by atoms with Gasteiger partial charge in [0.15, 0.2) is 0 Å². The van der Waals surface area contributed by atoms with Crippen LogP contribution in [-0.4, -0.2) is 19.9 Å². The van der Waals surface area contributed by atoms with Crippen molar-refractivity contribution in [1.82, 2.24) is 0 Å². The van der Waals surface area contributed by atoms with Crippen molar-refractivity contribution in [3.8, 4) is 0 Å². The van der Waals surface area contributed by atoms with Gasteiger partial charge in [-0.25, -0.2) is 4.79 Å². The molecule has 124 valence electrons. The second-order valence-corrected chi connectivity index (χ2v) is 9.49. The van der Waals surface area contributed by atoms with E-state index in [2.05, 4.69) is 33.9 Å². The van der Waals surface area contributed by atoms with E-state index in [1.807, 2.05) is 0 Å². The van der Waals surface area contributed by atoms with E-state index < -0.39 is 14.8 Å². The number of hydrogen-bond acceptors (Lipinski definition) is 1. The summed E-state index contributed by atoms with van der Waals surface area (Å²) < 4.78 is 0. The van der Waals surface area contributed by atoms with E-state index in [-0.39, 0.29) is 5.92 Å². The standard InChI is InChI=1S/C18H36O2Si/c1-6-9-12-15(13-10-7-2)17(18(19)20)16(21(4)5)14-11-8-3/h15,21H,6-14H2,1-5H3,(H,19,20). The maximum absolute atomic E-state index is 11.9. The molecule has 0 unspecified atom stereocenters. The fourth-order valence-corrected chi connectivity index (χ4v) is 4.77. The van der Waals surface area contributed by atoms with E-state index in [0.29, 0.717) is 0 Å². The van der Waals surface area contributed by atoms with Gasteiger partial charge in [-0.3, -0.25) is 0 Å². The molecule has 0 heterocycles. The maximum atomic E-state index is 11.9. The molecule has 0 aromatic carbocycles. The Morgan fingerprint density at radius 1 is 0.952 bits per heavy atom. The quantitative estimate of drug-likeness (QED) is 0.377. The Balaban J connectivity index is 5.42. The van der Waals surface area contributed by atoms with Gasteiger partial charge in [0.05, 0.1) is 8.80 Å². The Hall–Kier alpha value is -0.573. The third-order valence-corrected chi connectivity index (χ3v) is 6.29. The number of hydrogen-bond donors (Lipinski definition) is 1. The van der Waals surface area contributed by atoms with Gasteiger partial charge in [0, 0.05) is 5.57 Å². The molecule has 0 spiro atoms. The number of rotatable bonds is 12. The van der Waals surface area contributed by atoms with E-state index >= 15 is 0 Å². The van der Waals surface area contributed by atoms with Gasteiger partial charge in [-0.2, -0.15) is 0 Å². The second kappa shape index (κ2) is 12.0. The summed E-state index contributed by atoms with van der Waals surface area (Å²) in [6.45, 7) is 11.1.